The lowest BCUT2D eigenvalue weighted by molar-refractivity contribution is -0.137. The summed E-state index contributed by atoms with van der Waals surface area (Å²) >= 11 is 0. The first-order valence-corrected chi connectivity index (χ1v) is 10.1. The van der Waals surface area contributed by atoms with Crippen LogP contribution < -0.4 is 5.32 Å². The van der Waals surface area contributed by atoms with Gasteiger partial charge in [-0.3, -0.25) is 9.20 Å². The van der Waals surface area contributed by atoms with Crippen molar-refractivity contribution in [2.45, 2.75) is 32.0 Å². The summed E-state index contributed by atoms with van der Waals surface area (Å²) in [6.45, 7) is 4.89. The summed E-state index contributed by atoms with van der Waals surface area (Å²) in [6, 6.07) is 6.73. The molecule has 0 amide bonds. The van der Waals surface area contributed by atoms with Gasteiger partial charge >= 0.3 is 6.18 Å². The summed E-state index contributed by atoms with van der Waals surface area (Å²) in [6.07, 6.45) is -0.572. The van der Waals surface area contributed by atoms with Crippen molar-refractivity contribution in [3.8, 4) is 17.0 Å². The summed E-state index contributed by atoms with van der Waals surface area (Å²) in [4.78, 5) is 10.7. The van der Waals surface area contributed by atoms with Crippen LogP contribution in [0.4, 0.5) is 19.1 Å². The molecule has 1 aliphatic rings. The van der Waals surface area contributed by atoms with Gasteiger partial charge in [-0.1, -0.05) is 6.92 Å². The molecule has 0 saturated carbocycles. The SMILES string of the molecule is CCN1CCC[C@@H](Nc2nnc(-c3ccc(C(F)(F)F)cc3O)c3cccn23)C1.O=CO. The Kier molecular flexibility index (Phi) is 7.18. The van der Waals surface area contributed by atoms with E-state index in [0.29, 0.717) is 23.2 Å². The Morgan fingerprint density at radius 1 is 1.28 bits per heavy atom. The van der Waals surface area contributed by atoms with Crippen molar-refractivity contribution < 1.29 is 28.2 Å². The number of aromatic nitrogens is 3. The van der Waals surface area contributed by atoms with Gasteiger partial charge in [0.25, 0.3) is 6.47 Å². The molecule has 3 aromatic rings. The van der Waals surface area contributed by atoms with Gasteiger partial charge in [-0.25, -0.2) is 0 Å². The van der Waals surface area contributed by atoms with Crippen molar-refractivity contribution in [2.24, 2.45) is 0 Å². The first kappa shape index (κ1) is 23.3. The summed E-state index contributed by atoms with van der Waals surface area (Å²) in [7, 11) is 0. The van der Waals surface area contributed by atoms with E-state index in [2.05, 4.69) is 27.3 Å². The smallest absolute Gasteiger partial charge is 0.416 e. The molecule has 1 aliphatic heterocycles. The lowest BCUT2D eigenvalue weighted by Crippen LogP contribution is -2.42. The van der Waals surface area contributed by atoms with Crippen molar-refractivity contribution >= 4 is 17.9 Å². The zero-order chi connectivity index (χ0) is 23.3. The van der Waals surface area contributed by atoms with Gasteiger partial charge in [0.15, 0.2) is 0 Å². The van der Waals surface area contributed by atoms with Crippen LogP contribution in [0.1, 0.15) is 25.3 Å². The third-order valence-corrected chi connectivity index (χ3v) is 5.33. The van der Waals surface area contributed by atoms with E-state index < -0.39 is 17.5 Å². The van der Waals surface area contributed by atoms with Gasteiger partial charge in [-0.2, -0.15) is 13.2 Å². The number of piperidine rings is 1. The fourth-order valence-electron chi connectivity index (χ4n) is 3.80. The van der Waals surface area contributed by atoms with E-state index >= 15 is 0 Å². The number of carboxylic acid groups (broad SMARTS) is 1. The molecule has 32 heavy (non-hydrogen) atoms. The van der Waals surface area contributed by atoms with Crippen LogP contribution in [-0.4, -0.2) is 61.9 Å². The maximum absolute atomic E-state index is 12.9. The fraction of sp³-hybridized carbons (Fsp3) is 0.381. The molecule has 1 fully saturated rings. The summed E-state index contributed by atoms with van der Waals surface area (Å²) in [5.41, 5.74) is 0.274. The maximum Gasteiger partial charge on any atom is 0.416 e. The Balaban J connectivity index is 0.000000913. The highest BCUT2D eigenvalue weighted by Gasteiger charge is 2.31. The summed E-state index contributed by atoms with van der Waals surface area (Å²) in [5, 5.41) is 29.0. The van der Waals surface area contributed by atoms with Crippen molar-refractivity contribution in [2.75, 3.05) is 25.0 Å². The van der Waals surface area contributed by atoms with E-state index in [1.165, 1.54) is 6.07 Å². The molecule has 0 unspecified atom stereocenters. The molecule has 11 heteroatoms. The van der Waals surface area contributed by atoms with E-state index in [9.17, 15) is 18.3 Å². The minimum absolute atomic E-state index is 0.204. The summed E-state index contributed by atoms with van der Waals surface area (Å²) < 4.78 is 40.4. The van der Waals surface area contributed by atoms with Crippen LogP contribution in [0.5, 0.6) is 5.75 Å². The second-order valence-corrected chi connectivity index (χ2v) is 7.35. The van der Waals surface area contributed by atoms with Crippen LogP contribution in [0.15, 0.2) is 36.5 Å². The average Bonchev–Trinajstić information content (AvgIpc) is 3.25. The Morgan fingerprint density at radius 2 is 2.03 bits per heavy atom. The molecule has 0 aliphatic carbocycles. The topological polar surface area (TPSA) is 103 Å². The maximum atomic E-state index is 12.9. The number of nitrogens with one attached hydrogen (secondary N) is 1. The van der Waals surface area contributed by atoms with Gasteiger partial charge in [0, 0.05) is 24.3 Å². The van der Waals surface area contributed by atoms with Gasteiger partial charge in [-0.05, 0) is 56.3 Å². The number of likely N-dealkylation sites (N-methyl/N-ethyl adjacent to an activating group) is 1. The van der Waals surface area contributed by atoms with Crippen LogP contribution in [0.25, 0.3) is 16.8 Å². The molecule has 1 atom stereocenters. The number of carbonyl (C=O) groups is 1. The number of aromatic hydroxyl groups is 1. The second-order valence-electron chi connectivity index (χ2n) is 7.35. The van der Waals surface area contributed by atoms with E-state index in [1.807, 2.05) is 16.7 Å². The number of nitrogens with zero attached hydrogens (tertiary/aromatic N) is 4. The van der Waals surface area contributed by atoms with E-state index in [4.69, 9.17) is 9.90 Å². The quantitative estimate of drug-likeness (QED) is 0.520. The molecule has 0 spiro atoms. The number of fused-ring (bicyclic) bond motifs is 1. The third kappa shape index (κ3) is 5.10. The first-order valence-electron chi connectivity index (χ1n) is 10.1. The van der Waals surface area contributed by atoms with Crippen LogP contribution >= 0.6 is 0 Å². The number of hydrogen-bond donors (Lipinski definition) is 3. The Labute approximate surface area is 182 Å². The summed E-state index contributed by atoms with van der Waals surface area (Å²) in [5.74, 6) is 0.0897. The number of halogens is 3. The monoisotopic (exact) mass is 451 g/mol. The van der Waals surface area contributed by atoms with Crippen LogP contribution in [0, 0.1) is 0 Å². The molecule has 1 saturated heterocycles. The largest absolute Gasteiger partial charge is 0.507 e. The number of benzene rings is 1. The third-order valence-electron chi connectivity index (χ3n) is 5.33. The number of likely N-dealkylation sites (tertiary alicyclic amines) is 1. The van der Waals surface area contributed by atoms with Gasteiger partial charge in [-0.15, -0.1) is 10.2 Å². The fourth-order valence-corrected chi connectivity index (χ4v) is 3.80. The zero-order valence-electron chi connectivity index (χ0n) is 17.4. The molecular weight excluding hydrogens is 427 g/mol. The lowest BCUT2D eigenvalue weighted by atomic mass is 10.1. The molecule has 8 nitrogen and oxygen atoms in total. The number of hydrogen-bond acceptors (Lipinski definition) is 6. The first-order chi connectivity index (χ1) is 15.3. The van der Waals surface area contributed by atoms with Crippen molar-refractivity contribution in [3.63, 3.8) is 0 Å². The second kappa shape index (κ2) is 9.86. The molecule has 4 rings (SSSR count). The van der Waals surface area contributed by atoms with Gasteiger partial charge < -0.3 is 20.4 Å². The Bertz CT molecular complexity index is 1070. The molecule has 1 aromatic carbocycles. The predicted molar refractivity (Wildman–Crippen MR) is 113 cm³/mol. The van der Waals surface area contributed by atoms with E-state index in [-0.39, 0.29) is 18.1 Å². The van der Waals surface area contributed by atoms with Crippen LogP contribution in [0.3, 0.4) is 0 Å². The predicted octanol–water partition coefficient (Wildman–Crippen LogP) is 3.72. The zero-order valence-corrected chi connectivity index (χ0v) is 17.4. The number of phenols is 1. The Hall–Kier alpha value is -3.34. The van der Waals surface area contributed by atoms with E-state index in [0.717, 1.165) is 38.5 Å². The van der Waals surface area contributed by atoms with Crippen molar-refractivity contribution in [3.05, 3.63) is 42.1 Å². The Morgan fingerprint density at radius 3 is 2.69 bits per heavy atom. The van der Waals surface area contributed by atoms with Crippen LogP contribution in [-0.2, 0) is 11.0 Å². The molecule has 0 bridgehead atoms. The highest BCUT2D eigenvalue weighted by Crippen LogP contribution is 2.37. The number of phenolic OH excluding ortho intramolecular Hbond substituents is 1. The number of alkyl halides is 3. The van der Waals surface area contributed by atoms with Crippen LogP contribution in [0.2, 0.25) is 0 Å². The normalized spacial score (nSPS) is 16.9. The minimum atomic E-state index is -4.52. The molecule has 0 radical (unpaired) electrons. The number of anilines is 1. The molecular formula is C21H24F3N5O3. The molecule has 3 heterocycles. The molecule has 3 N–H and O–H groups in total. The highest BCUT2D eigenvalue weighted by molar-refractivity contribution is 5.81. The lowest BCUT2D eigenvalue weighted by Gasteiger charge is -2.32. The van der Waals surface area contributed by atoms with Gasteiger partial charge in [0.2, 0.25) is 5.95 Å². The standard InChI is InChI=1S/C20H22F3N5O.CH2O2/c1-2-27-9-3-5-14(12-27)24-19-26-25-18(16-6-4-10-28(16)19)15-8-7-13(11-17(15)29)20(21,22)23;2-1-3/h4,6-8,10-11,14,29H,2-3,5,9,12H2,1H3,(H,24,26);1H,(H,2,3)/t14-;/m1./s1. The van der Waals surface area contributed by atoms with Gasteiger partial charge in [0.1, 0.15) is 11.4 Å². The minimum Gasteiger partial charge on any atom is -0.507 e. The van der Waals surface area contributed by atoms with E-state index in [1.54, 1.807) is 6.07 Å². The molecule has 2 aromatic heterocycles. The average molecular weight is 451 g/mol. The van der Waals surface area contributed by atoms with Crippen molar-refractivity contribution in [1.29, 1.82) is 0 Å². The number of rotatable bonds is 4. The molecule has 172 valence electrons. The highest BCUT2D eigenvalue weighted by atomic mass is 19.4. The van der Waals surface area contributed by atoms with Crippen molar-refractivity contribution in [1.82, 2.24) is 19.5 Å². The van der Waals surface area contributed by atoms with Gasteiger partial charge in [0.05, 0.1) is 11.1 Å².